The number of carboxylic acids is 1. The summed E-state index contributed by atoms with van der Waals surface area (Å²) in [6, 6.07) is 16.2. The molecule has 0 aliphatic carbocycles. The monoisotopic (exact) mass is 421 g/mol. The molecule has 4 aromatic rings. The molecule has 0 bridgehead atoms. The van der Waals surface area contributed by atoms with Crippen molar-refractivity contribution in [2.24, 2.45) is 0 Å². The number of aliphatic carboxylic acids is 1. The van der Waals surface area contributed by atoms with E-state index >= 15 is 0 Å². The number of carboxylic acid groups (broad SMARTS) is 1. The summed E-state index contributed by atoms with van der Waals surface area (Å²) in [5.74, 6) is -0.373. The number of fused-ring (bicyclic) bond motifs is 2. The number of hydrogen-bond donors (Lipinski definition) is 1. The number of aromatic nitrogens is 2. The van der Waals surface area contributed by atoms with Crippen molar-refractivity contribution in [2.75, 3.05) is 18.5 Å². The Bertz CT molecular complexity index is 1330. The summed E-state index contributed by atoms with van der Waals surface area (Å²) in [7, 11) is 1.89. The molecule has 7 heteroatoms. The molecular weight excluding hydrogens is 402 g/mol. The number of halogens is 1. The third-order valence-electron chi connectivity index (χ3n) is 5.22. The molecule has 2 aromatic carbocycles. The Hall–Kier alpha value is -3.38. The first-order valence-electron chi connectivity index (χ1n) is 9.56. The molecule has 0 saturated carbocycles. The van der Waals surface area contributed by atoms with Crippen LogP contribution in [0.15, 0.2) is 59.4 Å². The van der Waals surface area contributed by atoms with E-state index in [4.69, 9.17) is 11.6 Å². The Morgan fingerprint density at radius 3 is 2.47 bits per heavy atom. The zero-order valence-corrected chi connectivity index (χ0v) is 17.3. The molecule has 1 N–H and O–H groups in total. The van der Waals surface area contributed by atoms with Gasteiger partial charge in [-0.3, -0.25) is 9.59 Å². The summed E-state index contributed by atoms with van der Waals surface area (Å²) in [5, 5.41) is 10.9. The molecule has 0 fully saturated rings. The lowest BCUT2D eigenvalue weighted by atomic mass is 10.00. The molecule has 30 heavy (non-hydrogen) atoms. The van der Waals surface area contributed by atoms with Crippen LogP contribution in [0.1, 0.15) is 6.92 Å². The molecule has 0 radical (unpaired) electrons. The summed E-state index contributed by atoms with van der Waals surface area (Å²) >= 11 is 6.56. The highest BCUT2D eigenvalue weighted by Crippen LogP contribution is 2.35. The van der Waals surface area contributed by atoms with Gasteiger partial charge < -0.3 is 14.6 Å². The van der Waals surface area contributed by atoms with Gasteiger partial charge in [-0.1, -0.05) is 41.9 Å². The maximum atomic E-state index is 13.3. The van der Waals surface area contributed by atoms with E-state index in [2.05, 4.69) is 4.98 Å². The lowest BCUT2D eigenvalue weighted by Crippen LogP contribution is -2.21. The average molecular weight is 422 g/mol. The van der Waals surface area contributed by atoms with Gasteiger partial charge in [0.1, 0.15) is 18.0 Å². The topological polar surface area (TPSA) is 75.4 Å². The fourth-order valence-electron chi connectivity index (χ4n) is 3.65. The molecule has 0 amide bonds. The number of nitrogens with zero attached hydrogens (tertiary/aromatic N) is 3. The number of carbonyl (C=O) groups is 1. The molecule has 0 aliphatic heterocycles. The second-order valence-electron chi connectivity index (χ2n) is 7.05. The summed E-state index contributed by atoms with van der Waals surface area (Å²) in [5.41, 5.74) is 2.01. The SMILES string of the molecule is CCN(C)c1ccc2c(=O)c3ccc(Cl)c(-c4ccccc4)c3n(CC(=O)O)c2n1. The van der Waals surface area contributed by atoms with Gasteiger partial charge in [0, 0.05) is 24.5 Å². The van der Waals surface area contributed by atoms with Crippen LogP contribution in [0.25, 0.3) is 33.1 Å². The van der Waals surface area contributed by atoms with E-state index < -0.39 is 5.97 Å². The minimum atomic E-state index is -1.03. The van der Waals surface area contributed by atoms with Gasteiger partial charge in [-0.2, -0.15) is 0 Å². The van der Waals surface area contributed by atoms with Crippen molar-refractivity contribution >= 4 is 45.3 Å². The highest BCUT2D eigenvalue weighted by Gasteiger charge is 2.20. The number of pyridine rings is 2. The van der Waals surface area contributed by atoms with E-state index in [1.54, 1.807) is 28.8 Å². The molecule has 0 spiro atoms. The summed E-state index contributed by atoms with van der Waals surface area (Å²) < 4.78 is 1.58. The largest absolute Gasteiger partial charge is 0.480 e. The second-order valence-corrected chi connectivity index (χ2v) is 7.46. The van der Waals surface area contributed by atoms with E-state index in [9.17, 15) is 14.7 Å². The molecule has 0 aliphatic rings. The molecule has 0 atom stereocenters. The van der Waals surface area contributed by atoms with Gasteiger partial charge in [-0.25, -0.2) is 4.98 Å². The van der Waals surface area contributed by atoms with E-state index in [0.29, 0.717) is 38.3 Å². The zero-order valence-electron chi connectivity index (χ0n) is 16.6. The molecule has 0 saturated heterocycles. The van der Waals surface area contributed by atoms with E-state index in [1.807, 2.05) is 49.2 Å². The fourth-order valence-corrected chi connectivity index (χ4v) is 3.91. The van der Waals surface area contributed by atoms with Crippen LogP contribution in [-0.4, -0.2) is 34.2 Å². The van der Waals surface area contributed by atoms with Gasteiger partial charge in [0.2, 0.25) is 0 Å². The molecule has 4 rings (SSSR count). The van der Waals surface area contributed by atoms with Crippen LogP contribution in [-0.2, 0) is 11.3 Å². The highest BCUT2D eigenvalue weighted by atomic mass is 35.5. The highest BCUT2D eigenvalue weighted by molar-refractivity contribution is 6.35. The zero-order chi connectivity index (χ0) is 21.4. The quantitative estimate of drug-likeness (QED) is 0.483. The molecule has 2 aromatic heterocycles. The fraction of sp³-hybridized carbons (Fsp3) is 0.174. The van der Waals surface area contributed by atoms with Crippen molar-refractivity contribution in [1.82, 2.24) is 9.55 Å². The number of anilines is 1. The van der Waals surface area contributed by atoms with Crippen molar-refractivity contribution in [3.63, 3.8) is 0 Å². The molecule has 6 nitrogen and oxygen atoms in total. The van der Waals surface area contributed by atoms with Crippen LogP contribution in [0.4, 0.5) is 5.82 Å². The maximum absolute atomic E-state index is 13.3. The van der Waals surface area contributed by atoms with Crippen LogP contribution in [0, 0.1) is 0 Å². The van der Waals surface area contributed by atoms with E-state index in [0.717, 1.165) is 12.1 Å². The van der Waals surface area contributed by atoms with Gasteiger partial charge in [-0.15, -0.1) is 0 Å². The molecular formula is C23H20ClN3O3. The summed E-state index contributed by atoms with van der Waals surface area (Å²) in [6.45, 7) is 2.36. The Morgan fingerprint density at radius 1 is 1.10 bits per heavy atom. The Labute approximate surface area is 178 Å². The molecule has 152 valence electrons. The van der Waals surface area contributed by atoms with E-state index in [1.165, 1.54) is 0 Å². The second kappa shape index (κ2) is 7.80. The number of rotatable bonds is 5. The standard InChI is InChI=1S/C23H20ClN3O3/c1-3-26(2)18-12-10-16-22(30)15-9-11-17(24)20(14-7-5-4-6-8-14)21(15)27(13-19(28)29)23(16)25-18/h4-12H,3,13H2,1-2H3,(H,28,29). The summed E-state index contributed by atoms with van der Waals surface area (Å²) in [6.07, 6.45) is 0. The predicted octanol–water partition coefficient (Wildman–Crippen LogP) is 4.41. The van der Waals surface area contributed by atoms with Crippen LogP contribution in [0.2, 0.25) is 5.02 Å². The van der Waals surface area contributed by atoms with Crippen LogP contribution >= 0.6 is 11.6 Å². The first-order valence-corrected chi connectivity index (χ1v) is 9.94. The predicted molar refractivity (Wildman–Crippen MR) is 121 cm³/mol. The molecule has 0 unspecified atom stereocenters. The minimum absolute atomic E-state index is 0.200. The Morgan fingerprint density at radius 2 is 1.80 bits per heavy atom. The van der Waals surface area contributed by atoms with Gasteiger partial charge in [-0.05, 0) is 36.8 Å². The Kier molecular flexibility index (Phi) is 5.18. The lowest BCUT2D eigenvalue weighted by Gasteiger charge is -2.20. The van der Waals surface area contributed by atoms with Crippen molar-refractivity contribution in [2.45, 2.75) is 13.5 Å². The maximum Gasteiger partial charge on any atom is 0.323 e. The smallest absolute Gasteiger partial charge is 0.323 e. The van der Waals surface area contributed by atoms with E-state index in [-0.39, 0.29) is 12.0 Å². The first-order chi connectivity index (χ1) is 14.4. The van der Waals surface area contributed by atoms with Gasteiger partial charge >= 0.3 is 5.97 Å². The molecule has 2 heterocycles. The van der Waals surface area contributed by atoms with Crippen LogP contribution in [0.5, 0.6) is 0 Å². The van der Waals surface area contributed by atoms with Crippen molar-refractivity contribution in [1.29, 1.82) is 0 Å². The number of benzene rings is 2. The number of hydrogen-bond acceptors (Lipinski definition) is 4. The summed E-state index contributed by atoms with van der Waals surface area (Å²) in [4.78, 5) is 31.7. The van der Waals surface area contributed by atoms with Gasteiger partial charge in [0.25, 0.3) is 0 Å². The Balaban J connectivity index is 2.23. The van der Waals surface area contributed by atoms with Crippen molar-refractivity contribution in [3.8, 4) is 11.1 Å². The third kappa shape index (κ3) is 3.29. The lowest BCUT2D eigenvalue weighted by molar-refractivity contribution is -0.137. The van der Waals surface area contributed by atoms with Crippen molar-refractivity contribution in [3.05, 3.63) is 69.8 Å². The first kappa shape index (κ1) is 19.9. The van der Waals surface area contributed by atoms with Crippen molar-refractivity contribution < 1.29 is 9.90 Å². The normalized spacial score (nSPS) is 11.2. The van der Waals surface area contributed by atoms with Gasteiger partial charge in [0.05, 0.1) is 15.9 Å². The van der Waals surface area contributed by atoms with Crippen LogP contribution < -0.4 is 10.3 Å². The van der Waals surface area contributed by atoms with Gasteiger partial charge in [0.15, 0.2) is 5.43 Å². The third-order valence-corrected chi connectivity index (χ3v) is 5.54. The average Bonchev–Trinajstić information content (AvgIpc) is 2.75. The minimum Gasteiger partial charge on any atom is -0.480 e. The van der Waals surface area contributed by atoms with Crippen LogP contribution in [0.3, 0.4) is 0 Å².